The summed E-state index contributed by atoms with van der Waals surface area (Å²) in [5.74, 6) is 1.57. The fourth-order valence-corrected chi connectivity index (χ4v) is 1.68. The van der Waals surface area contributed by atoms with E-state index in [9.17, 15) is 0 Å². The maximum Gasteiger partial charge on any atom is 0.0654 e. The second-order valence-corrected chi connectivity index (χ2v) is 4.27. The van der Waals surface area contributed by atoms with Gasteiger partial charge in [0.1, 0.15) is 0 Å². The summed E-state index contributed by atoms with van der Waals surface area (Å²) in [6.45, 7) is 10.0. The molecule has 1 heterocycles. The lowest BCUT2D eigenvalue weighted by Gasteiger charge is -2.40. The second kappa shape index (κ2) is 3.14. The Bertz CT molecular complexity index is 133. The Morgan fingerprint density at radius 3 is 2.45 bits per heavy atom. The van der Waals surface area contributed by atoms with Gasteiger partial charge in [-0.1, -0.05) is 20.8 Å². The molecule has 1 saturated heterocycles. The summed E-state index contributed by atoms with van der Waals surface area (Å²) < 4.78 is 5.80. The summed E-state index contributed by atoms with van der Waals surface area (Å²) >= 11 is 0. The van der Waals surface area contributed by atoms with E-state index in [2.05, 4.69) is 27.7 Å². The third-order valence-corrected chi connectivity index (χ3v) is 3.17. The van der Waals surface area contributed by atoms with Gasteiger partial charge in [-0.15, -0.1) is 0 Å². The van der Waals surface area contributed by atoms with Gasteiger partial charge in [0.25, 0.3) is 0 Å². The van der Waals surface area contributed by atoms with Crippen LogP contribution in [0.1, 0.15) is 40.5 Å². The minimum atomic E-state index is 0.173. The molecule has 1 rings (SSSR count). The van der Waals surface area contributed by atoms with Gasteiger partial charge in [0.15, 0.2) is 0 Å². The summed E-state index contributed by atoms with van der Waals surface area (Å²) in [6, 6.07) is 0. The van der Waals surface area contributed by atoms with Crippen LogP contribution in [0.5, 0.6) is 0 Å². The molecular weight excluding hydrogens is 136 g/mol. The Kier molecular flexibility index (Phi) is 2.58. The summed E-state index contributed by atoms with van der Waals surface area (Å²) in [6.07, 6.45) is 2.37. The monoisotopic (exact) mass is 156 g/mol. The van der Waals surface area contributed by atoms with Crippen LogP contribution in [0.2, 0.25) is 0 Å². The van der Waals surface area contributed by atoms with Crippen molar-refractivity contribution in [3.05, 3.63) is 0 Å². The molecule has 0 bridgehead atoms. The Morgan fingerprint density at radius 1 is 1.36 bits per heavy atom. The molecule has 0 aromatic carbocycles. The average molecular weight is 156 g/mol. The van der Waals surface area contributed by atoms with Crippen molar-refractivity contribution in [2.24, 2.45) is 11.8 Å². The van der Waals surface area contributed by atoms with E-state index in [0.717, 1.165) is 24.9 Å². The number of ether oxygens (including phenoxy) is 1. The number of hydrogen-bond donors (Lipinski definition) is 0. The Morgan fingerprint density at radius 2 is 2.00 bits per heavy atom. The maximum absolute atomic E-state index is 5.80. The lowest BCUT2D eigenvalue weighted by Crippen LogP contribution is -2.39. The van der Waals surface area contributed by atoms with Gasteiger partial charge in [0, 0.05) is 0 Å². The van der Waals surface area contributed by atoms with Crippen molar-refractivity contribution in [3.8, 4) is 0 Å². The van der Waals surface area contributed by atoms with E-state index in [-0.39, 0.29) is 5.60 Å². The third kappa shape index (κ3) is 1.96. The standard InChI is InChI=1S/C10H20O/c1-5-10(4)6-8(2)9(3)7-11-10/h8-9H,5-7H2,1-4H3. The second-order valence-electron chi connectivity index (χ2n) is 4.27. The van der Waals surface area contributed by atoms with Crippen LogP contribution in [0.4, 0.5) is 0 Å². The first-order chi connectivity index (χ1) is 5.07. The highest BCUT2D eigenvalue weighted by Crippen LogP contribution is 2.34. The summed E-state index contributed by atoms with van der Waals surface area (Å²) in [5.41, 5.74) is 0.173. The molecule has 0 aromatic heterocycles. The smallest absolute Gasteiger partial charge is 0.0654 e. The molecule has 0 amide bonds. The highest BCUT2D eigenvalue weighted by atomic mass is 16.5. The van der Waals surface area contributed by atoms with Crippen LogP contribution in [-0.4, -0.2) is 12.2 Å². The fraction of sp³-hybridized carbons (Fsp3) is 1.00. The van der Waals surface area contributed by atoms with Gasteiger partial charge >= 0.3 is 0 Å². The largest absolute Gasteiger partial charge is 0.375 e. The number of hydrogen-bond acceptors (Lipinski definition) is 1. The Labute approximate surface area is 70.1 Å². The molecule has 0 radical (unpaired) electrons. The quantitative estimate of drug-likeness (QED) is 0.567. The highest BCUT2D eigenvalue weighted by molar-refractivity contribution is 4.82. The molecule has 1 nitrogen and oxygen atoms in total. The molecule has 0 N–H and O–H groups in total. The molecule has 0 aliphatic carbocycles. The van der Waals surface area contributed by atoms with E-state index in [1.807, 2.05) is 0 Å². The molecule has 1 heteroatoms. The molecule has 11 heavy (non-hydrogen) atoms. The van der Waals surface area contributed by atoms with Crippen molar-refractivity contribution in [1.29, 1.82) is 0 Å². The molecular formula is C10H20O. The van der Waals surface area contributed by atoms with E-state index < -0.39 is 0 Å². The Balaban J connectivity index is 2.51. The van der Waals surface area contributed by atoms with Crippen molar-refractivity contribution in [3.63, 3.8) is 0 Å². The van der Waals surface area contributed by atoms with Crippen LogP contribution in [0.3, 0.4) is 0 Å². The molecule has 3 unspecified atom stereocenters. The van der Waals surface area contributed by atoms with E-state index in [1.165, 1.54) is 6.42 Å². The SMILES string of the molecule is CCC1(C)CC(C)C(C)CO1. The summed E-state index contributed by atoms with van der Waals surface area (Å²) in [7, 11) is 0. The van der Waals surface area contributed by atoms with Gasteiger partial charge in [-0.2, -0.15) is 0 Å². The first kappa shape index (κ1) is 9.05. The van der Waals surface area contributed by atoms with Crippen molar-refractivity contribution in [2.45, 2.75) is 46.1 Å². The molecule has 1 fully saturated rings. The Hall–Kier alpha value is -0.0400. The lowest BCUT2D eigenvalue weighted by atomic mass is 9.81. The van der Waals surface area contributed by atoms with E-state index in [1.54, 1.807) is 0 Å². The van der Waals surface area contributed by atoms with Crippen molar-refractivity contribution < 1.29 is 4.74 Å². The van der Waals surface area contributed by atoms with Crippen LogP contribution in [-0.2, 0) is 4.74 Å². The molecule has 66 valence electrons. The topological polar surface area (TPSA) is 9.23 Å². The first-order valence-electron chi connectivity index (χ1n) is 4.71. The van der Waals surface area contributed by atoms with Gasteiger partial charge in [-0.25, -0.2) is 0 Å². The molecule has 1 aliphatic rings. The van der Waals surface area contributed by atoms with E-state index in [4.69, 9.17) is 4.74 Å². The van der Waals surface area contributed by atoms with Crippen LogP contribution in [0.15, 0.2) is 0 Å². The van der Waals surface area contributed by atoms with E-state index in [0.29, 0.717) is 0 Å². The zero-order valence-corrected chi connectivity index (χ0v) is 8.18. The van der Waals surface area contributed by atoms with Crippen molar-refractivity contribution >= 4 is 0 Å². The zero-order valence-electron chi connectivity index (χ0n) is 8.18. The summed E-state index contributed by atoms with van der Waals surface area (Å²) in [5, 5.41) is 0. The minimum Gasteiger partial charge on any atom is -0.375 e. The maximum atomic E-state index is 5.80. The van der Waals surface area contributed by atoms with Gasteiger partial charge in [-0.05, 0) is 31.6 Å². The van der Waals surface area contributed by atoms with Crippen molar-refractivity contribution in [2.75, 3.05) is 6.61 Å². The number of rotatable bonds is 1. The van der Waals surface area contributed by atoms with Crippen LogP contribution < -0.4 is 0 Å². The average Bonchev–Trinajstić information content (AvgIpc) is 1.98. The van der Waals surface area contributed by atoms with Crippen LogP contribution in [0.25, 0.3) is 0 Å². The van der Waals surface area contributed by atoms with Gasteiger partial charge < -0.3 is 4.74 Å². The molecule has 0 spiro atoms. The normalized spacial score (nSPS) is 45.8. The zero-order chi connectivity index (χ0) is 8.48. The van der Waals surface area contributed by atoms with Crippen LogP contribution >= 0.6 is 0 Å². The molecule has 3 atom stereocenters. The van der Waals surface area contributed by atoms with Crippen molar-refractivity contribution in [1.82, 2.24) is 0 Å². The fourth-order valence-electron chi connectivity index (χ4n) is 1.68. The van der Waals surface area contributed by atoms with Gasteiger partial charge in [0.05, 0.1) is 12.2 Å². The van der Waals surface area contributed by atoms with E-state index >= 15 is 0 Å². The first-order valence-corrected chi connectivity index (χ1v) is 4.71. The summed E-state index contributed by atoms with van der Waals surface area (Å²) in [4.78, 5) is 0. The lowest BCUT2D eigenvalue weighted by molar-refractivity contribution is -0.108. The molecule has 0 aromatic rings. The third-order valence-electron chi connectivity index (χ3n) is 3.17. The predicted octanol–water partition coefficient (Wildman–Crippen LogP) is 2.85. The highest BCUT2D eigenvalue weighted by Gasteiger charge is 2.32. The predicted molar refractivity (Wildman–Crippen MR) is 47.6 cm³/mol. The van der Waals surface area contributed by atoms with Gasteiger partial charge in [-0.3, -0.25) is 0 Å². The molecule has 1 aliphatic heterocycles. The van der Waals surface area contributed by atoms with Gasteiger partial charge in [0.2, 0.25) is 0 Å². The van der Waals surface area contributed by atoms with Crippen LogP contribution in [0, 0.1) is 11.8 Å². The molecule has 0 saturated carbocycles. The minimum absolute atomic E-state index is 0.173.